The summed E-state index contributed by atoms with van der Waals surface area (Å²) in [7, 11) is 0. The van der Waals surface area contributed by atoms with Crippen LogP contribution in [-0.2, 0) is 0 Å². The maximum absolute atomic E-state index is 2.77. The van der Waals surface area contributed by atoms with Crippen LogP contribution in [0.5, 0.6) is 0 Å². The fraction of sp³-hybridized carbons (Fsp3) is 1.00. The van der Waals surface area contributed by atoms with Crippen LogP contribution in [0, 0.1) is 5.92 Å². The fourth-order valence-corrected chi connectivity index (χ4v) is 2.92. The third kappa shape index (κ3) is 2.46. The Morgan fingerprint density at radius 2 is 1.62 bits per heavy atom. The van der Waals surface area contributed by atoms with Crippen LogP contribution < -0.4 is 0 Å². The van der Waals surface area contributed by atoms with Gasteiger partial charge in [0.25, 0.3) is 0 Å². The smallest absolute Gasteiger partial charge is 0.00952 e. The standard InChI is InChI=1S/C12H23N/c1-11-5-4-9-13(10-8-11)12-6-2-3-7-12/h11-12H,2-10H2,1H3/t11-/m1/s1. The van der Waals surface area contributed by atoms with E-state index in [2.05, 4.69) is 11.8 Å². The number of nitrogens with zero attached hydrogens (tertiary/aromatic N) is 1. The van der Waals surface area contributed by atoms with Crippen molar-refractivity contribution < 1.29 is 0 Å². The third-order valence-corrected chi connectivity index (χ3v) is 3.89. The summed E-state index contributed by atoms with van der Waals surface area (Å²) in [5, 5.41) is 0. The maximum atomic E-state index is 2.77. The molecule has 0 bridgehead atoms. The van der Waals surface area contributed by atoms with Crippen LogP contribution in [0.3, 0.4) is 0 Å². The topological polar surface area (TPSA) is 3.24 Å². The second kappa shape index (κ2) is 4.45. The molecule has 0 amide bonds. The molecule has 0 N–H and O–H groups in total. The molecule has 13 heavy (non-hydrogen) atoms. The van der Waals surface area contributed by atoms with Gasteiger partial charge in [-0.2, -0.15) is 0 Å². The number of likely N-dealkylation sites (tertiary alicyclic amines) is 1. The summed E-state index contributed by atoms with van der Waals surface area (Å²) in [5.74, 6) is 0.978. The second-order valence-electron chi connectivity index (χ2n) is 5.01. The highest BCUT2D eigenvalue weighted by molar-refractivity contribution is 4.79. The number of rotatable bonds is 1. The van der Waals surface area contributed by atoms with Crippen molar-refractivity contribution in [3.05, 3.63) is 0 Å². The summed E-state index contributed by atoms with van der Waals surface area (Å²) in [4.78, 5) is 2.77. The molecule has 1 aliphatic heterocycles. The van der Waals surface area contributed by atoms with Gasteiger partial charge in [-0.05, 0) is 51.1 Å². The first-order valence-electron chi connectivity index (χ1n) is 6.10. The average Bonchev–Trinajstić information content (AvgIpc) is 2.56. The first kappa shape index (κ1) is 9.51. The Bertz CT molecular complexity index is 149. The number of hydrogen-bond donors (Lipinski definition) is 0. The highest BCUT2D eigenvalue weighted by atomic mass is 15.2. The Balaban J connectivity index is 1.84. The van der Waals surface area contributed by atoms with Gasteiger partial charge in [-0.15, -0.1) is 0 Å². The predicted octanol–water partition coefficient (Wildman–Crippen LogP) is 3.05. The molecule has 1 aliphatic carbocycles. The van der Waals surface area contributed by atoms with Crippen molar-refractivity contribution in [2.75, 3.05) is 13.1 Å². The molecular formula is C12H23N. The summed E-state index contributed by atoms with van der Waals surface area (Å²) in [6.45, 7) is 5.18. The summed E-state index contributed by atoms with van der Waals surface area (Å²) < 4.78 is 0. The molecule has 1 heteroatoms. The van der Waals surface area contributed by atoms with Crippen molar-refractivity contribution in [2.24, 2.45) is 5.92 Å². The van der Waals surface area contributed by atoms with Gasteiger partial charge in [0, 0.05) is 6.04 Å². The molecule has 0 aromatic heterocycles. The minimum atomic E-state index is 0.963. The molecule has 0 spiro atoms. The van der Waals surface area contributed by atoms with E-state index in [0.29, 0.717) is 0 Å². The third-order valence-electron chi connectivity index (χ3n) is 3.89. The Morgan fingerprint density at radius 1 is 0.846 bits per heavy atom. The van der Waals surface area contributed by atoms with Gasteiger partial charge in [0.1, 0.15) is 0 Å². The van der Waals surface area contributed by atoms with Gasteiger partial charge in [-0.1, -0.05) is 19.8 Å². The van der Waals surface area contributed by atoms with E-state index < -0.39 is 0 Å². The zero-order chi connectivity index (χ0) is 9.10. The molecule has 1 saturated carbocycles. The van der Waals surface area contributed by atoms with Gasteiger partial charge in [-0.25, -0.2) is 0 Å². The van der Waals surface area contributed by atoms with Gasteiger partial charge >= 0.3 is 0 Å². The maximum Gasteiger partial charge on any atom is 0.00952 e. The molecule has 2 rings (SSSR count). The van der Waals surface area contributed by atoms with Crippen LogP contribution in [0.25, 0.3) is 0 Å². The van der Waals surface area contributed by atoms with Crippen LogP contribution in [0.15, 0.2) is 0 Å². The average molecular weight is 181 g/mol. The Kier molecular flexibility index (Phi) is 3.26. The first-order valence-corrected chi connectivity index (χ1v) is 6.10. The van der Waals surface area contributed by atoms with Gasteiger partial charge in [0.05, 0.1) is 0 Å². The van der Waals surface area contributed by atoms with E-state index in [1.165, 1.54) is 58.0 Å². The fourth-order valence-electron chi connectivity index (χ4n) is 2.92. The van der Waals surface area contributed by atoms with Crippen LogP contribution in [0.4, 0.5) is 0 Å². The molecule has 1 nitrogen and oxygen atoms in total. The minimum Gasteiger partial charge on any atom is -0.300 e. The molecule has 1 saturated heterocycles. The van der Waals surface area contributed by atoms with Gasteiger partial charge in [0.15, 0.2) is 0 Å². The molecule has 1 heterocycles. The normalized spacial score (nSPS) is 33.5. The number of hydrogen-bond acceptors (Lipinski definition) is 1. The molecule has 0 aromatic rings. The first-order chi connectivity index (χ1) is 6.36. The van der Waals surface area contributed by atoms with E-state index in [1.807, 2.05) is 0 Å². The van der Waals surface area contributed by atoms with E-state index in [0.717, 1.165) is 12.0 Å². The minimum absolute atomic E-state index is 0.963. The summed E-state index contributed by atoms with van der Waals surface area (Å²) in [6, 6.07) is 0.963. The van der Waals surface area contributed by atoms with Crippen molar-refractivity contribution in [3.63, 3.8) is 0 Å². The lowest BCUT2D eigenvalue weighted by Gasteiger charge is -2.26. The Hall–Kier alpha value is -0.0400. The van der Waals surface area contributed by atoms with Crippen LogP contribution in [0.2, 0.25) is 0 Å². The van der Waals surface area contributed by atoms with Gasteiger partial charge in [0.2, 0.25) is 0 Å². The predicted molar refractivity (Wildman–Crippen MR) is 56.8 cm³/mol. The highest BCUT2D eigenvalue weighted by Crippen LogP contribution is 2.26. The lowest BCUT2D eigenvalue weighted by Crippen LogP contribution is -2.34. The van der Waals surface area contributed by atoms with E-state index in [-0.39, 0.29) is 0 Å². The quantitative estimate of drug-likeness (QED) is 0.601. The zero-order valence-electron chi connectivity index (χ0n) is 8.97. The molecule has 2 fully saturated rings. The summed E-state index contributed by atoms with van der Waals surface area (Å²) in [6.07, 6.45) is 10.3. The SMILES string of the molecule is C[C@@H]1CCCN(C2CCCC2)CC1. The van der Waals surface area contributed by atoms with E-state index in [9.17, 15) is 0 Å². The Labute approximate surface area is 82.5 Å². The van der Waals surface area contributed by atoms with Crippen molar-refractivity contribution in [1.29, 1.82) is 0 Å². The van der Waals surface area contributed by atoms with Crippen molar-refractivity contribution in [3.8, 4) is 0 Å². The van der Waals surface area contributed by atoms with Gasteiger partial charge in [-0.3, -0.25) is 0 Å². The highest BCUT2D eigenvalue weighted by Gasteiger charge is 2.23. The summed E-state index contributed by atoms with van der Waals surface area (Å²) >= 11 is 0. The van der Waals surface area contributed by atoms with Crippen molar-refractivity contribution in [1.82, 2.24) is 4.90 Å². The van der Waals surface area contributed by atoms with Crippen molar-refractivity contribution in [2.45, 2.75) is 57.9 Å². The van der Waals surface area contributed by atoms with E-state index >= 15 is 0 Å². The molecule has 0 aromatic carbocycles. The van der Waals surface area contributed by atoms with Crippen LogP contribution in [0.1, 0.15) is 51.9 Å². The lowest BCUT2D eigenvalue weighted by atomic mass is 10.0. The van der Waals surface area contributed by atoms with Crippen molar-refractivity contribution >= 4 is 0 Å². The molecule has 2 aliphatic rings. The summed E-state index contributed by atoms with van der Waals surface area (Å²) in [5.41, 5.74) is 0. The van der Waals surface area contributed by atoms with Gasteiger partial charge < -0.3 is 4.90 Å². The van der Waals surface area contributed by atoms with Crippen LogP contribution >= 0.6 is 0 Å². The Morgan fingerprint density at radius 3 is 2.38 bits per heavy atom. The largest absolute Gasteiger partial charge is 0.300 e. The van der Waals surface area contributed by atoms with E-state index in [1.54, 1.807) is 0 Å². The molecule has 0 radical (unpaired) electrons. The molecule has 1 atom stereocenters. The zero-order valence-corrected chi connectivity index (χ0v) is 8.97. The molecule has 76 valence electrons. The molecular weight excluding hydrogens is 158 g/mol. The second-order valence-corrected chi connectivity index (χ2v) is 5.01. The van der Waals surface area contributed by atoms with Crippen LogP contribution in [-0.4, -0.2) is 24.0 Å². The lowest BCUT2D eigenvalue weighted by molar-refractivity contribution is 0.204. The van der Waals surface area contributed by atoms with E-state index in [4.69, 9.17) is 0 Å². The monoisotopic (exact) mass is 181 g/mol. The molecule has 0 unspecified atom stereocenters.